The predicted octanol–water partition coefficient (Wildman–Crippen LogP) is 4.20. The van der Waals surface area contributed by atoms with E-state index in [0.29, 0.717) is 11.5 Å². The van der Waals surface area contributed by atoms with E-state index >= 15 is 0 Å². The van der Waals surface area contributed by atoms with Crippen LogP contribution in [0.3, 0.4) is 0 Å². The summed E-state index contributed by atoms with van der Waals surface area (Å²) < 4.78 is 0. The van der Waals surface area contributed by atoms with Gasteiger partial charge < -0.3 is 5.32 Å². The highest BCUT2D eigenvalue weighted by Gasteiger charge is 2.22. The monoisotopic (exact) mass is 288 g/mol. The predicted molar refractivity (Wildman–Crippen MR) is 91.3 cm³/mol. The van der Waals surface area contributed by atoms with Crippen LogP contribution in [-0.2, 0) is 13.1 Å². The molecule has 118 valence electrons. The van der Waals surface area contributed by atoms with Gasteiger partial charge in [0.15, 0.2) is 0 Å². The first-order chi connectivity index (χ1) is 9.94. The number of benzene rings is 1. The van der Waals surface area contributed by atoms with Gasteiger partial charge >= 0.3 is 0 Å². The molecular weight excluding hydrogens is 256 g/mol. The lowest BCUT2D eigenvalue weighted by atomic mass is 9.85. The molecule has 1 heterocycles. The Bertz CT molecular complexity index is 420. The van der Waals surface area contributed by atoms with E-state index in [1.807, 2.05) is 0 Å². The summed E-state index contributed by atoms with van der Waals surface area (Å²) in [5, 5.41) is 3.47. The molecule has 1 N–H and O–H groups in total. The van der Waals surface area contributed by atoms with Gasteiger partial charge in [0.2, 0.25) is 0 Å². The molecule has 0 bridgehead atoms. The van der Waals surface area contributed by atoms with E-state index < -0.39 is 0 Å². The van der Waals surface area contributed by atoms with Crippen LogP contribution in [0.25, 0.3) is 0 Å². The molecule has 0 spiro atoms. The zero-order valence-electron chi connectivity index (χ0n) is 14.3. The van der Waals surface area contributed by atoms with Crippen molar-refractivity contribution in [2.75, 3.05) is 13.1 Å². The molecule has 2 rings (SSSR count). The van der Waals surface area contributed by atoms with Crippen LogP contribution in [0.2, 0.25) is 0 Å². The van der Waals surface area contributed by atoms with Crippen molar-refractivity contribution in [3.63, 3.8) is 0 Å². The van der Waals surface area contributed by atoms with E-state index in [9.17, 15) is 0 Å². The molecule has 0 aliphatic carbocycles. The molecule has 1 saturated heterocycles. The molecule has 2 heteroatoms. The Balaban J connectivity index is 1.85. The third-order valence-corrected chi connectivity index (χ3v) is 4.58. The van der Waals surface area contributed by atoms with E-state index in [2.05, 4.69) is 62.2 Å². The molecule has 2 nitrogen and oxygen atoms in total. The Kier molecular flexibility index (Phi) is 5.83. The number of rotatable bonds is 5. The van der Waals surface area contributed by atoms with Crippen LogP contribution in [0.4, 0.5) is 0 Å². The van der Waals surface area contributed by atoms with Crippen LogP contribution >= 0.6 is 0 Å². The van der Waals surface area contributed by atoms with Crippen molar-refractivity contribution in [2.45, 2.75) is 66.1 Å². The molecule has 1 aromatic rings. The summed E-state index contributed by atoms with van der Waals surface area (Å²) in [6.45, 7) is 13.8. The third-order valence-electron chi connectivity index (χ3n) is 4.58. The second kappa shape index (κ2) is 7.42. The molecular formula is C19H32N2. The summed E-state index contributed by atoms with van der Waals surface area (Å²) in [5.41, 5.74) is 3.36. The SMILES string of the molecule is CC(C)NCc1ccc(CN2CCCC(C)(C)CC2)cc1. The molecule has 21 heavy (non-hydrogen) atoms. The van der Waals surface area contributed by atoms with Gasteiger partial charge in [0, 0.05) is 19.1 Å². The van der Waals surface area contributed by atoms with Crippen LogP contribution in [0.1, 0.15) is 58.1 Å². The third kappa shape index (κ3) is 5.80. The zero-order valence-corrected chi connectivity index (χ0v) is 14.3. The van der Waals surface area contributed by atoms with Gasteiger partial charge in [-0.15, -0.1) is 0 Å². The van der Waals surface area contributed by atoms with E-state index in [1.165, 1.54) is 43.5 Å². The first-order valence-electron chi connectivity index (χ1n) is 8.48. The molecule has 1 aliphatic rings. The summed E-state index contributed by atoms with van der Waals surface area (Å²) in [5.74, 6) is 0. The molecule has 0 amide bonds. The molecule has 1 fully saturated rings. The molecule has 1 aliphatic heterocycles. The Hall–Kier alpha value is -0.860. The van der Waals surface area contributed by atoms with Crippen LogP contribution < -0.4 is 5.32 Å². The maximum atomic E-state index is 3.47. The zero-order chi connectivity index (χ0) is 15.3. The second-order valence-corrected chi connectivity index (χ2v) is 7.65. The summed E-state index contributed by atoms with van der Waals surface area (Å²) in [6, 6.07) is 9.69. The number of nitrogens with one attached hydrogen (secondary N) is 1. The van der Waals surface area contributed by atoms with Gasteiger partial charge in [0.1, 0.15) is 0 Å². The average molecular weight is 288 g/mol. The summed E-state index contributed by atoms with van der Waals surface area (Å²) in [6.07, 6.45) is 4.02. The number of likely N-dealkylation sites (tertiary alicyclic amines) is 1. The Morgan fingerprint density at radius 2 is 1.71 bits per heavy atom. The fourth-order valence-corrected chi connectivity index (χ4v) is 2.98. The van der Waals surface area contributed by atoms with Crippen LogP contribution in [0.15, 0.2) is 24.3 Å². The molecule has 0 aromatic heterocycles. The highest BCUT2D eigenvalue weighted by atomic mass is 15.1. The van der Waals surface area contributed by atoms with E-state index in [-0.39, 0.29) is 0 Å². The van der Waals surface area contributed by atoms with Crippen LogP contribution in [0, 0.1) is 5.41 Å². The van der Waals surface area contributed by atoms with E-state index in [1.54, 1.807) is 0 Å². The quantitative estimate of drug-likeness (QED) is 0.873. The van der Waals surface area contributed by atoms with Crippen LogP contribution in [-0.4, -0.2) is 24.0 Å². The van der Waals surface area contributed by atoms with Crippen molar-refractivity contribution in [3.05, 3.63) is 35.4 Å². The largest absolute Gasteiger partial charge is 0.310 e. The van der Waals surface area contributed by atoms with Gasteiger partial charge in [-0.05, 0) is 48.9 Å². The molecule has 0 atom stereocenters. The maximum absolute atomic E-state index is 3.47. The summed E-state index contributed by atoms with van der Waals surface area (Å²) in [4.78, 5) is 2.62. The van der Waals surface area contributed by atoms with Crippen molar-refractivity contribution in [1.82, 2.24) is 10.2 Å². The molecule has 0 saturated carbocycles. The average Bonchev–Trinajstić information content (AvgIpc) is 2.59. The first-order valence-corrected chi connectivity index (χ1v) is 8.48. The minimum atomic E-state index is 0.529. The molecule has 0 unspecified atom stereocenters. The lowest BCUT2D eigenvalue weighted by molar-refractivity contribution is 0.256. The summed E-state index contributed by atoms with van der Waals surface area (Å²) in [7, 11) is 0. The number of hydrogen-bond acceptors (Lipinski definition) is 2. The van der Waals surface area contributed by atoms with Gasteiger partial charge in [-0.1, -0.05) is 52.0 Å². The Morgan fingerprint density at radius 1 is 1.05 bits per heavy atom. The highest BCUT2D eigenvalue weighted by Crippen LogP contribution is 2.30. The lowest BCUT2D eigenvalue weighted by Crippen LogP contribution is -2.25. The number of hydrogen-bond donors (Lipinski definition) is 1. The topological polar surface area (TPSA) is 15.3 Å². The van der Waals surface area contributed by atoms with Gasteiger partial charge in [-0.2, -0.15) is 0 Å². The van der Waals surface area contributed by atoms with Gasteiger partial charge in [0.05, 0.1) is 0 Å². The standard InChI is InChI=1S/C19H32N2/c1-16(2)20-14-17-6-8-18(9-7-17)15-21-12-5-10-19(3,4)11-13-21/h6-9,16,20H,5,10-15H2,1-4H3. The van der Waals surface area contributed by atoms with Crippen molar-refractivity contribution < 1.29 is 0 Å². The first kappa shape index (κ1) is 16.5. The van der Waals surface area contributed by atoms with Crippen molar-refractivity contribution in [2.24, 2.45) is 5.41 Å². The smallest absolute Gasteiger partial charge is 0.0233 e. The minimum absolute atomic E-state index is 0.529. The maximum Gasteiger partial charge on any atom is 0.0233 e. The van der Waals surface area contributed by atoms with Gasteiger partial charge in [-0.25, -0.2) is 0 Å². The Morgan fingerprint density at radius 3 is 2.38 bits per heavy atom. The van der Waals surface area contributed by atoms with Crippen molar-refractivity contribution in [3.8, 4) is 0 Å². The lowest BCUT2D eigenvalue weighted by Gasteiger charge is -2.23. The van der Waals surface area contributed by atoms with Gasteiger partial charge in [-0.3, -0.25) is 4.90 Å². The van der Waals surface area contributed by atoms with Crippen LogP contribution in [0.5, 0.6) is 0 Å². The highest BCUT2D eigenvalue weighted by molar-refractivity contribution is 5.22. The normalized spacial score (nSPS) is 19.7. The number of nitrogens with zero attached hydrogens (tertiary/aromatic N) is 1. The Labute approximate surface area is 130 Å². The molecule has 0 radical (unpaired) electrons. The van der Waals surface area contributed by atoms with E-state index in [0.717, 1.165) is 13.1 Å². The van der Waals surface area contributed by atoms with E-state index in [4.69, 9.17) is 0 Å². The van der Waals surface area contributed by atoms with Crippen molar-refractivity contribution in [1.29, 1.82) is 0 Å². The fourth-order valence-electron chi connectivity index (χ4n) is 2.98. The van der Waals surface area contributed by atoms with Crippen molar-refractivity contribution >= 4 is 0 Å². The fraction of sp³-hybridized carbons (Fsp3) is 0.684. The molecule has 1 aromatic carbocycles. The minimum Gasteiger partial charge on any atom is -0.310 e. The summed E-state index contributed by atoms with van der Waals surface area (Å²) >= 11 is 0. The van der Waals surface area contributed by atoms with Gasteiger partial charge in [0.25, 0.3) is 0 Å². The second-order valence-electron chi connectivity index (χ2n) is 7.65.